The van der Waals surface area contributed by atoms with Crippen LogP contribution >= 0.6 is 0 Å². The van der Waals surface area contributed by atoms with E-state index in [0.29, 0.717) is 5.92 Å². The van der Waals surface area contributed by atoms with Crippen molar-refractivity contribution in [3.8, 4) is 0 Å². The van der Waals surface area contributed by atoms with Crippen LogP contribution in [0.4, 0.5) is 5.69 Å². The number of carbonyl (C=O) groups excluding carboxylic acids is 2. The van der Waals surface area contributed by atoms with Gasteiger partial charge in [-0.3, -0.25) is 9.63 Å². The third-order valence-electron chi connectivity index (χ3n) is 7.25. The van der Waals surface area contributed by atoms with Crippen LogP contribution in [0.2, 0.25) is 0 Å². The Labute approximate surface area is 227 Å². The van der Waals surface area contributed by atoms with E-state index in [1.807, 2.05) is 97.1 Å². The second kappa shape index (κ2) is 11.0. The normalized spacial score (nSPS) is 18.7. The number of Topliss-reactive ketones (excluding diaryl/α,β-unsaturated/α-hetero) is 1. The van der Waals surface area contributed by atoms with Crippen LogP contribution in [0.1, 0.15) is 48.6 Å². The van der Waals surface area contributed by atoms with Gasteiger partial charge in [0.1, 0.15) is 6.10 Å². The number of ketones is 1. The van der Waals surface area contributed by atoms with Crippen LogP contribution in [0.25, 0.3) is 16.3 Å². The summed E-state index contributed by atoms with van der Waals surface area (Å²) in [5, 5.41) is 3.68. The first-order valence-corrected chi connectivity index (χ1v) is 12.9. The number of esters is 1. The van der Waals surface area contributed by atoms with E-state index in [9.17, 15) is 15.1 Å². The van der Waals surface area contributed by atoms with Crippen molar-refractivity contribution >= 4 is 33.9 Å². The highest BCUT2D eigenvalue weighted by Crippen LogP contribution is 2.50. The molecule has 3 atom stereocenters. The lowest BCUT2D eigenvalue weighted by molar-refractivity contribution is -0.140. The van der Waals surface area contributed by atoms with Gasteiger partial charge in [0.25, 0.3) is 5.78 Å². The van der Waals surface area contributed by atoms with Crippen LogP contribution in [-0.2, 0) is 19.2 Å². The molecule has 196 valence electrons. The molecule has 1 saturated heterocycles. The van der Waals surface area contributed by atoms with Gasteiger partial charge in [-0.1, -0.05) is 98.8 Å². The van der Waals surface area contributed by atoms with Crippen LogP contribution in [0.5, 0.6) is 0 Å². The van der Waals surface area contributed by atoms with Crippen molar-refractivity contribution < 1.29 is 24.0 Å². The molecule has 4 aromatic rings. The fraction of sp³-hybridized carbons (Fsp3) is 0.219. The minimum absolute atomic E-state index is 0.331. The molecular formula is C32H29N3O4. The molecule has 0 unspecified atom stereocenters. The first-order chi connectivity index (χ1) is 18.9. The van der Waals surface area contributed by atoms with E-state index in [1.165, 1.54) is 0 Å². The van der Waals surface area contributed by atoms with Gasteiger partial charge in [-0.05, 0) is 45.5 Å². The van der Waals surface area contributed by atoms with Gasteiger partial charge in [0.15, 0.2) is 0 Å². The summed E-state index contributed by atoms with van der Waals surface area (Å²) in [6.07, 6.45) is -0.774. The largest absolute Gasteiger partial charge is 0.460 e. The number of anilines is 1. The molecule has 1 heterocycles. The standard InChI is InChI=1S/C32H29N3O4/c1-20(2)21-16-18-23(19-17-21)31-27(30(36)28(34-33)32(37)38-3)29(35(39-31)24-12-5-4-6-13-24)26-15-9-11-22-10-7-8-14-25(22)26/h4-20,27,29,31H,1-3H3/t27-,29+,31-/m1/s1. The molecule has 4 aromatic carbocycles. The SMILES string of the molecule is COC(=O)C(=[N+]=[N-])C(=O)[C@@H]1[C@@H](c2ccc(C(C)C)cc2)ON(c2ccccc2)[C@H]1c1cccc2ccccc12. The van der Waals surface area contributed by atoms with Gasteiger partial charge in [0.05, 0.1) is 24.8 Å². The smallest absolute Gasteiger partial charge is 0.441 e. The zero-order chi connectivity index (χ0) is 27.5. The molecule has 7 nitrogen and oxygen atoms in total. The Morgan fingerprint density at radius 3 is 2.23 bits per heavy atom. The number of rotatable bonds is 7. The lowest BCUT2D eigenvalue weighted by atomic mass is 9.80. The van der Waals surface area contributed by atoms with E-state index >= 15 is 0 Å². The quantitative estimate of drug-likeness (QED) is 0.0949. The van der Waals surface area contributed by atoms with Crippen molar-refractivity contribution in [2.24, 2.45) is 5.92 Å². The van der Waals surface area contributed by atoms with Crippen LogP contribution in [0.15, 0.2) is 97.1 Å². The Kier molecular flexibility index (Phi) is 7.37. The molecule has 1 aliphatic heterocycles. The Morgan fingerprint density at radius 2 is 1.56 bits per heavy atom. The average molecular weight is 520 g/mol. The first kappa shape index (κ1) is 26.0. The van der Waals surface area contributed by atoms with Crippen molar-refractivity contribution in [2.45, 2.75) is 31.9 Å². The molecule has 5 rings (SSSR count). The second-order valence-corrected chi connectivity index (χ2v) is 9.85. The summed E-state index contributed by atoms with van der Waals surface area (Å²) in [6.45, 7) is 4.23. The zero-order valence-electron chi connectivity index (χ0n) is 22.0. The number of ether oxygens (including phenoxy) is 1. The number of hydrogen-bond donors (Lipinski definition) is 0. The predicted octanol–water partition coefficient (Wildman–Crippen LogP) is 6.23. The number of hydroxylamine groups is 1. The van der Waals surface area contributed by atoms with Crippen molar-refractivity contribution in [1.82, 2.24) is 0 Å². The molecule has 0 aliphatic carbocycles. The van der Waals surface area contributed by atoms with Crippen LogP contribution in [0.3, 0.4) is 0 Å². The molecule has 1 fully saturated rings. The van der Waals surface area contributed by atoms with E-state index in [0.717, 1.165) is 40.3 Å². The summed E-state index contributed by atoms with van der Waals surface area (Å²) in [6, 6.07) is 30.6. The number of methoxy groups -OCH3 is 1. The van der Waals surface area contributed by atoms with E-state index < -0.39 is 35.5 Å². The Balaban J connectivity index is 1.75. The number of fused-ring (bicyclic) bond motifs is 1. The minimum atomic E-state index is -1.01. The number of para-hydroxylation sites is 1. The van der Waals surface area contributed by atoms with Crippen LogP contribution in [-0.4, -0.2) is 29.4 Å². The van der Waals surface area contributed by atoms with Gasteiger partial charge in [-0.25, -0.2) is 9.86 Å². The topological polar surface area (TPSA) is 92.2 Å². The number of nitrogens with zero attached hydrogens (tertiary/aromatic N) is 3. The summed E-state index contributed by atoms with van der Waals surface area (Å²) < 4.78 is 4.78. The molecule has 0 amide bonds. The fourth-order valence-corrected chi connectivity index (χ4v) is 5.25. The molecule has 0 N–H and O–H groups in total. The van der Waals surface area contributed by atoms with Crippen molar-refractivity contribution in [1.29, 1.82) is 0 Å². The molecule has 39 heavy (non-hydrogen) atoms. The third-order valence-corrected chi connectivity index (χ3v) is 7.25. The van der Waals surface area contributed by atoms with Crippen molar-refractivity contribution in [2.75, 3.05) is 12.2 Å². The lowest BCUT2D eigenvalue weighted by Crippen LogP contribution is -2.37. The van der Waals surface area contributed by atoms with Gasteiger partial charge in [-0.15, -0.1) is 0 Å². The maximum absolute atomic E-state index is 14.1. The van der Waals surface area contributed by atoms with E-state index in [1.54, 1.807) is 5.06 Å². The fourth-order valence-electron chi connectivity index (χ4n) is 5.25. The Morgan fingerprint density at radius 1 is 0.897 bits per heavy atom. The number of hydrogen-bond acceptors (Lipinski definition) is 5. The van der Waals surface area contributed by atoms with Crippen LogP contribution in [0, 0.1) is 5.92 Å². The summed E-state index contributed by atoms with van der Waals surface area (Å²) in [7, 11) is 1.15. The molecule has 0 bridgehead atoms. The maximum Gasteiger partial charge on any atom is 0.441 e. The monoisotopic (exact) mass is 519 g/mol. The lowest BCUT2D eigenvalue weighted by Gasteiger charge is -2.27. The number of benzene rings is 4. The molecule has 1 aliphatic rings. The molecule has 0 radical (unpaired) electrons. The Hall–Kier alpha value is -4.58. The summed E-state index contributed by atoms with van der Waals surface area (Å²) in [4.78, 5) is 36.3. The van der Waals surface area contributed by atoms with Crippen molar-refractivity contribution in [3.05, 3.63) is 119 Å². The van der Waals surface area contributed by atoms with Gasteiger partial charge in [0.2, 0.25) is 0 Å². The number of carbonyl (C=O) groups is 2. The summed E-state index contributed by atoms with van der Waals surface area (Å²) >= 11 is 0. The third kappa shape index (κ3) is 4.86. The van der Waals surface area contributed by atoms with Gasteiger partial charge < -0.3 is 10.3 Å². The molecule has 0 aromatic heterocycles. The first-order valence-electron chi connectivity index (χ1n) is 12.9. The molecular weight excluding hydrogens is 490 g/mol. The van der Waals surface area contributed by atoms with Gasteiger partial charge >= 0.3 is 11.7 Å². The highest BCUT2D eigenvalue weighted by Gasteiger charge is 2.54. The highest BCUT2D eigenvalue weighted by molar-refractivity contribution is 6.62. The molecule has 0 saturated carbocycles. The maximum atomic E-state index is 14.1. The summed E-state index contributed by atoms with van der Waals surface area (Å²) in [5.41, 5.74) is 12.6. The van der Waals surface area contributed by atoms with Gasteiger partial charge in [-0.2, -0.15) is 4.79 Å². The minimum Gasteiger partial charge on any atom is -0.460 e. The van der Waals surface area contributed by atoms with E-state index in [2.05, 4.69) is 18.6 Å². The van der Waals surface area contributed by atoms with E-state index in [4.69, 9.17) is 9.57 Å². The second-order valence-electron chi connectivity index (χ2n) is 9.85. The van der Waals surface area contributed by atoms with Crippen molar-refractivity contribution in [3.63, 3.8) is 0 Å². The highest BCUT2D eigenvalue weighted by atomic mass is 16.7. The van der Waals surface area contributed by atoms with Gasteiger partial charge in [0, 0.05) is 0 Å². The van der Waals surface area contributed by atoms with Crippen LogP contribution < -0.4 is 5.06 Å². The molecule has 7 heteroatoms. The zero-order valence-corrected chi connectivity index (χ0v) is 22.0. The average Bonchev–Trinajstić information content (AvgIpc) is 3.38. The predicted molar refractivity (Wildman–Crippen MR) is 149 cm³/mol. The molecule has 0 spiro atoms. The Bertz CT molecular complexity index is 1550. The summed E-state index contributed by atoms with van der Waals surface area (Å²) in [5.74, 6) is -2.28. The van der Waals surface area contributed by atoms with E-state index in [-0.39, 0.29) is 0 Å².